The lowest BCUT2D eigenvalue weighted by atomic mass is 10.4. The van der Waals surface area contributed by atoms with E-state index < -0.39 is 0 Å². The Kier molecular flexibility index (Phi) is 1.58. The van der Waals surface area contributed by atoms with Crippen LogP contribution in [0.1, 0.15) is 5.56 Å². The molecule has 2 nitrogen and oxygen atoms in total. The molecule has 41 valence electrons. The Bertz CT molecular complexity index is 167. The summed E-state index contributed by atoms with van der Waals surface area (Å²) >= 11 is 3.16. The molecule has 0 spiro atoms. The first-order chi connectivity index (χ1) is 3.80. The Morgan fingerprint density at radius 3 is 2.75 bits per heavy atom. The van der Waals surface area contributed by atoms with Crippen LogP contribution in [0, 0.1) is 6.92 Å². The summed E-state index contributed by atoms with van der Waals surface area (Å²) in [7, 11) is 0. The maximum atomic E-state index is 3.68. The topological polar surface area (TPSA) is 25.8 Å². The monoisotopic (exact) mass is 171 g/mol. The van der Waals surface area contributed by atoms with Crippen LogP contribution in [-0.2, 0) is 0 Å². The Morgan fingerprint density at radius 1 is 1.62 bits per heavy atom. The van der Waals surface area contributed by atoms with E-state index in [1.165, 1.54) is 0 Å². The summed E-state index contributed by atoms with van der Waals surface area (Å²) in [5.41, 5.74) is 0.861. The lowest BCUT2D eigenvalue weighted by Gasteiger charge is -1.88. The van der Waals surface area contributed by atoms with Crippen LogP contribution in [0.3, 0.4) is 0 Å². The van der Waals surface area contributed by atoms with Crippen LogP contribution in [0.2, 0.25) is 0 Å². The van der Waals surface area contributed by atoms with Crippen molar-refractivity contribution in [2.45, 2.75) is 0 Å². The molecule has 0 unspecified atom stereocenters. The van der Waals surface area contributed by atoms with Crippen molar-refractivity contribution >= 4 is 15.9 Å². The van der Waals surface area contributed by atoms with E-state index in [9.17, 15) is 0 Å². The van der Waals surface area contributed by atoms with E-state index in [-0.39, 0.29) is 0 Å². The molecule has 0 fully saturated rings. The first-order valence-corrected chi connectivity index (χ1v) is 2.89. The summed E-state index contributed by atoms with van der Waals surface area (Å²) in [5, 5.41) is 7.29. The molecule has 0 saturated heterocycles. The van der Waals surface area contributed by atoms with Gasteiger partial charge in [0.1, 0.15) is 4.60 Å². The van der Waals surface area contributed by atoms with Crippen LogP contribution >= 0.6 is 15.9 Å². The van der Waals surface area contributed by atoms with E-state index in [0.717, 1.165) is 5.56 Å². The van der Waals surface area contributed by atoms with Crippen molar-refractivity contribution in [2.75, 3.05) is 0 Å². The third-order valence-electron chi connectivity index (χ3n) is 0.753. The Balaban J connectivity index is 3.13. The number of aromatic nitrogens is 2. The molecule has 0 N–H and O–H groups in total. The van der Waals surface area contributed by atoms with E-state index in [4.69, 9.17) is 0 Å². The summed E-state index contributed by atoms with van der Waals surface area (Å²) < 4.78 is 0.708. The smallest absolute Gasteiger partial charge is 0.131 e. The standard InChI is InChI=1S/C5H4BrN2/c1-4-2-3-7-8-5(4)6/h2-3H,1H2. The molecule has 8 heavy (non-hydrogen) atoms. The van der Waals surface area contributed by atoms with Crippen molar-refractivity contribution in [3.63, 3.8) is 0 Å². The lowest BCUT2D eigenvalue weighted by Crippen LogP contribution is -1.82. The van der Waals surface area contributed by atoms with Gasteiger partial charge in [-0.25, -0.2) is 0 Å². The van der Waals surface area contributed by atoms with Gasteiger partial charge in [-0.1, -0.05) is 0 Å². The van der Waals surface area contributed by atoms with Gasteiger partial charge in [-0.15, -0.1) is 5.10 Å². The van der Waals surface area contributed by atoms with Gasteiger partial charge in [-0.05, 0) is 34.5 Å². The van der Waals surface area contributed by atoms with E-state index >= 15 is 0 Å². The van der Waals surface area contributed by atoms with Crippen molar-refractivity contribution < 1.29 is 0 Å². The van der Waals surface area contributed by atoms with Crippen LogP contribution in [0.5, 0.6) is 0 Å². The van der Waals surface area contributed by atoms with E-state index in [0.29, 0.717) is 4.60 Å². The van der Waals surface area contributed by atoms with Gasteiger partial charge in [0.2, 0.25) is 0 Å². The van der Waals surface area contributed by atoms with Gasteiger partial charge in [0.25, 0.3) is 0 Å². The fourth-order valence-electron chi connectivity index (χ4n) is 0.340. The lowest BCUT2D eigenvalue weighted by molar-refractivity contribution is 0.996. The van der Waals surface area contributed by atoms with Crippen LogP contribution in [0.4, 0.5) is 0 Å². The van der Waals surface area contributed by atoms with Crippen LogP contribution in [0.25, 0.3) is 0 Å². The molecule has 1 radical (unpaired) electrons. The third-order valence-corrected chi connectivity index (χ3v) is 1.42. The summed E-state index contributed by atoms with van der Waals surface area (Å²) in [6.07, 6.45) is 1.60. The molecule has 0 saturated carbocycles. The molecule has 0 aromatic carbocycles. The minimum Gasteiger partial charge on any atom is -0.158 e. The zero-order valence-corrected chi connectivity index (χ0v) is 5.72. The quantitative estimate of drug-likeness (QED) is 0.591. The van der Waals surface area contributed by atoms with Crippen molar-refractivity contribution in [1.29, 1.82) is 0 Å². The van der Waals surface area contributed by atoms with Gasteiger partial charge in [-0.2, -0.15) is 5.10 Å². The maximum Gasteiger partial charge on any atom is 0.131 e. The second-order valence-corrected chi connectivity index (χ2v) is 2.10. The van der Waals surface area contributed by atoms with E-state index in [1.54, 1.807) is 12.3 Å². The molecule has 3 heteroatoms. The highest BCUT2D eigenvalue weighted by Crippen LogP contribution is 2.07. The Hall–Kier alpha value is -0.440. The predicted molar refractivity (Wildman–Crippen MR) is 34.2 cm³/mol. The summed E-state index contributed by atoms with van der Waals surface area (Å²) in [5.74, 6) is 0. The molecule has 1 rings (SSSR count). The number of hydrogen-bond donors (Lipinski definition) is 0. The second-order valence-electron chi connectivity index (χ2n) is 1.35. The zero-order chi connectivity index (χ0) is 5.98. The van der Waals surface area contributed by atoms with Crippen molar-refractivity contribution in [2.24, 2.45) is 0 Å². The first-order valence-electron chi connectivity index (χ1n) is 2.10. The maximum absolute atomic E-state index is 3.68. The number of rotatable bonds is 0. The van der Waals surface area contributed by atoms with Gasteiger partial charge < -0.3 is 0 Å². The normalized spacial score (nSPS) is 9.25. The van der Waals surface area contributed by atoms with Crippen molar-refractivity contribution in [1.82, 2.24) is 10.2 Å². The largest absolute Gasteiger partial charge is 0.158 e. The molecule has 0 aliphatic rings. The molecular formula is C5H4BrN2. The molecule has 1 aromatic rings. The van der Waals surface area contributed by atoms with Gasteiger partial charge in [0.15, 0.2) is 0 Å². The highest BCUT2D eigenvalue weighted by molar-refractivity contribution is 9.10. The average molecular weight is 172 g/mol. The molecule has 0 amide bonds. The number of hydrogen-bond acceptors (Lipinski definition) is 2. The van der Waals surface area contributed by atoms with Crippen LogP contribution < -0.4 is 0 Å². The highest BCUT2D eigenvalue weighted by atomic mass is 79.9. The predicted octanol–water partition coefficient (Wildman–Crippen LogP) is 1.42. The molecule has 1 heterocycles. The molecular weight excluding hydrogens is 168 g/mol. The van der Waals surface area contributed by atoms with E-state index in [2.05, 4.69) is 33.1 Å². The molecule has 0 aliphatic heterocycles. The Labute approximate surface area is 56.1 Å². The van der Waals surface area contributed by atoms with Gasteiger partial charge in [-0.3, -0.25) is 0 Å². The summed E-state index contributed by atoms with van der Waals surface area (Å²) in [6, 6.07) is 1.79. The molecule has 0 atom stereocenters. The second kappa shape index (κ2) is 2.22. The first kappa shape index (κ1) is 5.69. The summed E-state index contributed by atoms with van der Waals surface area (Å²) in [6.45, 7) is 3.67. The fraction of sp³-hybridized carbons (Fsp3) is 0. The number of nitrogens with zero attached hydrogens (tertiary/aromatic N) is 2. The third kappa shape index (κ3) is 1.04. The minimum absolute atomic E-state index is 0.708. The highest BCUT2D eigenvalue weighted by Gasteiger charge is 1.89. The van der Waals surface area contributed by atoms with Gasteiger partial charge >= 0.3 is 0 Å². The van der Waals surface area contributed by atoms with Gasteiger partial charge in [0, 0.05) is 6.20 Å². The van der Waals surface area contributed by atoms with Crippen molar-refractivity contribution in [3.05, 3.63) is 29.4 Å². The van der Waals surface area contributed by atoms with Crippen molar-refractivity contribution in [3.8, 4) is 0 Å². The molecule has 1 aromatic heterocycles. The minimum atomic E-state index is 0.708. The SMILES string of the molecule is [CH2]c1ccnnc1Br. The van der Waals surface area contributed by atoms with Crippen LogP contribution in [-0.4, -0.2) is 10.2 Å². The molecule has 0 bridgehead atoms. The zero-order valence-electron chi connectivity index (χ0n) is 4.13. The van der Waals surface area contributed by atoms with Crippen LogP contribution in [0.15, 0.2) is 16.9 Å². The molecule has 0 aliphatic carbocycles. The average Bonchev–Trinajstić information content (AvgIpc) is 1.77. The van der Waals surface area contributed by atoms with Gasteiger partial charge in [0.05, 0.1) is 0 Å². The number of halogens is 1. The fourth-order valence-corrected chi connectivity index (χ4v) is 0.564. The summed E-state index contributed by atoms with van der Waals surface area (Å²) in [4.78, 5) is 0. The van der Waals surface area contributed by atoms with E-state index in [1.807, 2.05) is 0 Å². The Morgan fingerprint density at radius 2 is 2.38 bits per heavy atom.